The summed E-state index contributed by atoms with van der Waals surface area (Å²) < 4.78 is 0. The van der Waals surface area contributed by atoms with E-state index in [9.17, 15) is 9.59 Å². The minimum atomic E-state index is -0.856. The maximum atomic E-state index is 10.8. The molecule has 0 aromatic heterocycles. The van der Waals surface area contributed by atoms with Crippen LogP contribution >= 0.6 is 0 Å². The second kappa shape index (κ2) is 5.54. The van der Waals surface area contributed by atoms with Crippen LogP contribution in [0.1, 0.15) is 19.8 Å². The molecule has 0 radical (unpaired) electrons. The van der Waals surface area contributed by atoms with Crippen LogP contribution in [0, 0.1) is 0 Å². The molecule has 0 aromatic rings. The minimum absolute atomic E-state index is 0.0687. The minimum Gasteiger partial charge on any atom is -0.481 e. The Morgan fingerprint density at radius 2 is 2.17 bits per heavy atom. The molecule has 0 aliphatic heterocycles. The molecular weight excluding hydrogens is 160 g/mol. The third-order valence-electron chi connectivity index (χ3n) is 1.28. The van der Waals surface area contributed by atoms with E-state index in [1.54, 1.807) is 6.92 Å². The van der Waals surface area contributed by atoms with Crippen molar-refractivity contribution < 1.29 is 14.7 Å². The summed E-state index contributed by atoms with van der Waals surface area (Å²) in [5.41, 5.74) is 5.25. The molecule has 0 fully saturated rings. The Balaban J connectivity index is 3.32. The van der Waals surface area contributed by atoms with Gasteiger partial charge in [-0.1, -0.05) is 0 Å². The van der Waals surface area contributed by atoms with Crippen LogP contribution in [-0.2, 0) is 9.59 Å². The van der Waals surface area contributed by atoms with E-state index in [4.69, 9.17) is 10.8 Å². The fourth-order valence-corrected chi connectivity index (χ4v) is 0.612. The molecule has 5 heteroatoms. The van der Waals surface area contributed by atoms with Gasteiger partial charge in [0, 0.05) is 13.0 Å². The number of carboxylic acids is 1. The average Bonchev–Trinajstić information content (AvgIpc) is 1.97. The summed E-state index contributed by atoms with van der Waals surface area (Å²) in [6.45, 7) is 1.94. The van der Waals surface area contributed by atoms with Crippen molar-refractivity contribution in [3.05, 3.63) is 0 Å². The third kappa shape index (κ3) is 5.67. The predicted molar refractivity (Wildman–Crippen MR) is 43.5 cm³/mol. The standard InChI is InChI=1S/C7H14N2O3/c1-5(8)7(12)9-4-2-3-6(10)11/h5H,2-4,8H2,1H3,(H,9,12)(H,10,11)/t5-/m0/s1. The van der Waals surface area contributed by atoms with E-state index < -0.39 is 12.0 Å². The molecule has 0 saturated heterocycles. The van der Waals surface area contributed by atoms with Gasteiger partial charge in [-0.3, -0.25) is 9.59 Å². The van der Waals surface area contributed by atoms with E-state index >= 15 is 0 Å². The average molecular weight is 174 g/mol. The second-order valence-electron chi connectivity index (χ2n) is 2.58. The predicted octanol–water partition coefficient (Wildman–Crippen LogP) is -0.685. The molecule has 0 spiro atoms. The number of carboxylic acid groups (broad SMARTS) is 1. The number of hydrogen-bond acceptors (Lipinski definition) is 3. The summed E-state index contributed by atoms with van der Waals surface area (Å²) >= 11 is 0. The summed E-state index contributed by atoms with van der Waals surface area (Å²) in [6.07, 6.45) is 0.507. The molecule has 5 nitrogen and oxygen atoms in total. The molecule has 0 unspecified atom stereocenters. The van der Waals surface area contributed by atoms with Crippen molar-refractivity contribution in [2.75, 3.05) is 6.54 Å². The van der Waals surface area contributed by atoms with E-state index in [0.29, 0.717) is 13.0 Å². The molecule has 4 N–H and O–H groups in total. The zero-order valence-corrected chi connectivity index (χ0v) is 7.04. The second-order valence-corrected chi connectivity index (χ2v) is 2.58. The molecule has 70 valence electrons. The highest BCUT2D eigenvalue weighted by Crippen LogP contribution is 1.86. The molecule has 1 amide bonds. The first kappa shape index (κ1) is 10.9. The Labute approximate surface area is 70.9 Å². The van der Waals surface area contributed by atoms with Crippen molar-refractivity contribution in [3.8, 4) is 0 Å². The van der Waals surface area contributed by atoms with Crippen LogP contribution < -0.4 is 11.1 Å². The number of carbonyl (C=O) groups is 2. The topological polar surface area (TPSA) is 92.4 Å². The van der Waals surface area contributed by atoms with Gasteiger partial charge in [-0.2, -0.15) is 0 Å². The maximum Gasteiger partial charge on any atom is 0.303 e. The molecule has 0 aromatic carbocycles. The molecule has 12 heavy (non-hydrogen) atoms. The summed E-state index contributed by atoms with van der Waals surface area (Å²) in [7, 11) is 0. The number of carbonyl (C=O) groups excluding carboxylic acids is 1. The lowest BCUT2D eigenvalue weighted by molar-refractivity contribution is -0.137. The van der Waals surface area contributed by atoms with Gasteiger partial charge < -0.3 is 16.2 Å². The quantitative estimate of drug-likeness (QED) is 0.481. The molecule has 0 heterocycles. The Morgan fingerprint density at radius 1 is 1.58 bits per heavy atom. The van der Waals surface area contributed by atoms with Gasteiger partial charge in [-0.25, -0.2) is 0 Å². The third-order valence-corrected chi connectivity index (χ3v) is 1.28. The van der Waals surface area contributed by atoms with E-state index in [2.05, 4.69) is 5.32 Å². The number of rotatable bonds is 5. The van der Waals surface area contributed by atoms with Crippen LogP contribution in [0.3, 0.4) is 0 Å². The first-order valence-corrected chi connectivity index (χ1v) is 3.79. The summed E-state index contributed by atoms with van der Waals surface area (Å²) in [6, 6.07) is -0.533. The van der Waals surface area contributed by atoms with Crippen molar-refractivity contribution >= 4 is 11.9 Å². The lowest BCUT2D eigenvalue weighted by atomic mass is 10.3. The largest absolute Gasteiger partial charge is 0.481 e. The summed E-state index contributed by atoms with van der Waals surface area (Å²) in [5.74, 6) is -1.11. The van der Waals surface area contributed by atoms with E-state index in [1.165, 1.54) is 0 Å². The van der Waals surface area contributed by atoms with Gasteiger partial charge in [0.25, 0.3) is 0 Å². The first-order chi connectivity index (χ1) is 5.54. The zero-order valence-electron chi connectivity index (χ0n) is 7.04. The van der Waals surface area contributed by atoms with E-state index in [0.717, 1.165) is 0 Å². The van der Waals surface area contributed by atoms with Gasteiger partial charge in [-0.15, -0.1) is 0 Å². The number of amides is 1. The van der Waals surface area contributed by atoms with Gasteiger partial charge in [0.2, 0.25) is 5.91 Å². The molecule has 0 aliphatic carbocycles. The van der Waals surface area contributed by atoms with Crippen molar-refractivity contribution in [2.45, 2.75) is 25.8 Å². The number of hydrogen-bond donors (Lipinski definition) is 3. The maximum absolute atomic E-state index is 10.8. The molecule has 0 bridgehead atoms. The fourth-order valence-electron chi connectivity index (χ4n) is 0.612. The number of nitrogens with one attached hydrogen (secondary N) is 1. The van der Waals surface area contributed by atoms with Gasteiger partial charge in [-0.05, 0) is 13.3 Å². The van der Waals surface area contributed by atoms with Crippen LogP contribution in [0.25, 0.3) is 0 Å². The Bertz CT molecular complexity index is 168. The Morgan fingerprint density at radius 3 is 2.58 bits per heavy atom. The highest BCUT2D eigenvalue weighted by Gasteiger charge is 2.05. The van der Waals surface area contributed by atoms with Crippen molar-refractivity contribution in [3.63, 3.8) is 0 Å². The molecule has 0 aliphatic rings. The highest BCUT2D eigenvalue weighted by atomic mass is 16.4. The Kier molecular flexibility index (Phi) is 5.03. The normalized spacial score (nSPS) is 12.2. The highest BCUT2D eigenvalue weighted by molar-refractivity contribution is 5.80. The van der Waals surface area contributed by atoms with Crippen LogP contribution in [0.5, 0.6) is 0 Å². The monoisotopic (exact) mass is 174 g/mol. The lowest BCUT2D eigenvalue weighted by Crippen LogP contribution is -2.38. The molecular formula is C7H14N2O3. The SMILES string of the molecule is C[C@H](N)C(=O)NCCCC(=O)O. The van der Waals surface area contributed by atoms with Crippen molar-refractivity contribution in [2.24, 2.45) is 5.73 Å². The van der Waals surface area contributed by atoms with Crippen molar-refractivity contribution in [1.82, 2.24) is 5.32 Å². The van der Waals surface area contributed by atoms with E-state index in [-0.39, 0.29) is 12.3 Å². The zero-order chi connectivity index (χ0) is 9.56. The first-order valence-electron chi connectivity index (χ1n) is 3.79. The van der Waals surface area contributed by atoms with E-state index in [1.807, 2.05) is 0 Å². The van der Waals surface area contributed by atoms with Gasteiger partial charge in [0.15, 0.2) is 0 Å². The van der Waals surface area contributed by atoms with Gasteiger partial charge in [0.05, 0.1) is 6.04 Å². The Hall–Kier alpha value is -1.10. The van der Waals surface area contributed by atoms with Gasteiger partial charge >= 0.3 is 5.97 Å². The molecule has 1 atom stereocenters. The summed E-state index contributed by atoms with van der Waals surface area (Å²) in [4.78, 5) is 20.8. The molecule has 0 saturated carbocycles. The van der Waals surface area contributed by atoms with Crippen molar-refractivity contribution in [1.29, 1.82) is 0 Å². The van der Waals surface area contributed by atoms with Crippen LogP contribution in [0.4, 0.5) is 0 Å². The number of nitrogens with two attached hydrogens (primary N) is 1. The number of aliphatic carboxylic acids is 1. The summed E-state index contributed by atoms with van der Waals surface area (Å²) in [5, 5.41) is 10.8. The van der Waals surface area contributed by atoms with Crippen LogP contribution in [0.2, 0.25) is 0 Å². The van der Waals surface area contributed by atoms with Crippen LogP contribution in [0.15, 0.2) is 0 Å². The molecule has 0 rings (SSSR count). The van der Waals surface area contributed by atoms with Gasteiger partial charge in [0.1, 0.15) is 0 Å². The smallest absolute Gasteiger partial charge is 0.303 e. The van der Waals surface area contributed by atoms with Crippen LogP contribution in [-0.4, -0.2) is 29.6 Å². The lowest BCUT2D eigenvalue weighted by Gasteiger charge is -2.05. The fraction of sp³-hybridized carbons (Fsp3) is 0.714.